The summed E-state index contributed by atoms with van der Waals surface area (Å²) in [7, 11) is 0. The Morgan fingerprint density at radius 2 is 1.75 bits per heavy atom. The second-order valence-corrected chi connectivity index (χ2v) is 5.90. The van der Waals surface area contributed by atoms with Gasteiger partial charge in [-0.1, -0.05) is 68.7 Å². The molecule has 0 saturated carbocycles. The van der Waals surface area contributed by atoms with Crippen molar-refractivity contribution in [3.8, 4) is 0 Å². The lowest BCUT2D eigenvalue weighted by atomic mass is 10.0. The van der Waals surface area contributed by atoms with Gasteiger partial charge in [-0.2, -0.15) is 0 Å². The minimum Gasteiger partial charge on any atom is -0.340 e. The van der Waals surface area contributed by atoms with Gasteiger partial charge in [0.2, 0.25) is 0 Å². The third-order valence-corrected chi connectivity index (χ3v) is 4.13. The number of fused-ring (bicyclic) bond motifs is 1. The Kier molecular flexibility index (Phi) is 6.07. The molecule has 0 fully saturated rings. The van der Waals surface area contributed by atoms with Crippen LogP contribution in [0.5, 0.6) is 0 Å². The van der Waals surface area contributed by atoms with Crippen molar-refractivity contribution in [1.29, 1.82) is 0 Å². The van der Waals surface area contributed by atoms with Crippen LogP contribution in [-0.2, 0) is 6.54 Å². The van der Waals surface area contributed by atoms with Gasteiger partial charge in [-0.05, 0) is 30.5 Å². The molecule has 2 aromatic rings. The quantitative estimate of drug-likeness (QED) is 0.690. The van der Waals surface area contributed by atoms with E-state index in [1.807, 2.05) is 0 Å². The molecule has 0 heterocycles. The van der Waals surface area contributed by atoms with E-state index in [4.69, 9.17) is 0 Å². The Balaban J connectivity index is 1.86. The van der Waals surface area contributed by atoms with Crippen molar-refractivity contribution >= 4 is 10.8 Å². The van der Waals surface area contributed by atoms with Gasteiger partial charge in [-0.15, -0.1) is 0 Å². The van der Waals surface area contributed by atoms with Crippen LogP contribution in [0, 0.1) is 0 Å². The molecule has 0 spiro atoms. The summed E-state index contributed by atoms with van der Waals surface area (Å²) >= 11 is 0. The van der Waals surface area contributed by atoms with Crippen LogP contribution in [0.25, 0.3) is 10.8 Å². The third-order valence-electron chi connectivity index (χ3n) is 4.13. The van der Waals surface area contributed by atoms with Gasteiger partial charge in [0.15, 0.2) is 0 Å². The number of rotatable bonds is 8. The van der Waals surface area contributed by atoms with Crippen LogP contribution in [0.15, 0.2) is 42.5 Å². The van der Waals surface area contributed by atoms with E-state index < -0.39 is 0 Å². The lowest BCUT2D eigenvalue weighted by Crippen LogP contribution is -2.87. The van der Waals surface area contributed by atoms with Crippen molar-refractivity contribution in [3.05, 3.63) is 48.0 Å². The molecule has 20 heavy (non-hydrogen) atoms. The SMILES string of the molecule is CCCCCC[C@H](C)[NH2+]Cc1cccc2ccccc12. The van der Waals surface area contributed by atoms with Gasteiger partial charge in [0.05, 0.1) is 6.04 Å². The molecule has 0 amide bonds. The maximum atomic E-state index is 2.49. The average molecular weight is 270 g/mol. The van der Waals surface area contributed by atoms with E-state index in [1.54, 1.807) is 0 Å². The fourth-order valence-electron chi connectivity index (χ4n) is 2.81. The van der Waals surface area contributed by atoms with E-state index in [1.165, 1.54) is 48.4 Å². The Hall–Kier alpha value is -1.34. The molecule has 0 aliphatic heterocycles. The standard InChI is InChI=1S/C19H27N/c1-3-4-5-6-10-16(2)20-15-18-13-9-12-17-11-7-8-14-19(17)18/h7-9,11-14,16,20H,3-6,10,15H2,1-2H3/p+1/t16-/m0/s1. The van der Waals surface area contributed by atoms with Gasteiger partial charge in [-0.25, -0.2) is 0 Å². The van der Waals surface area contributed by atoms with Crippen molar-refractivity contribution in [3.63, 3.8) is 0 Å². The zero-order valence-electron chi connectivity index (χ0n) is 12.9. The molecule has 1 nitrogen and oxygen atoms in total. The molecule has 0 radical (unpaired) electrons. The van der Waals surface area contributed by atoms with E-state index in [0.29, 0.717) is 0 Å². The lowest BCUT2D eigenvalue weighted by molar-refractivity contribution is -0.701. The minimum atomic E-state index is 0.728. The summed E-state index contributed by atoms with van der Waals surface area (Å²) < 4.78 is 0. The summed E-state index contributed by atoms with van der Waals surface area (Å²) in [5.74, 6) is 0. The first kappa shape index (κ1) is 15.1. The fraction of sp³-hybridized carbons (Fsp3) is 0.474. The molecule has 0 saturated heterocycles. The molecule has 1 atom stereocenters. The fourth-order valence-corrected chi connectivity index (χ4v) is 2.81. The van der Waals surface area contributed by atoms with E-state index in [9.17, 15) is 0 Å². The highest BCUT2D eigenvalue weighted by molar-refractivity contribution is 5.85. The summed E-state index contributed by atoms with van der Waals surface area (Å²) in [4.78, 5) is 0. The van der Waals surface area contributed by atoms with Crippen LogP contribution in [0.4, 0.5) is 0 Å². The van der Waals surface area contributed by atoms with Crippen molar-refractivity contribution in [2.75, 3.05) is 0 Å². The first-order valence-electron chi connectivity index (χ1n) is 8.11. The molecule has 1 heteroatoms. The predicted molar refractivity (Wildman–Crippen MR) is 87.8 cm³/mol. The monoisotopic (exact) mass is 270 g/mol. The van der Waals surface area contributed by atoms with Gasteiger partial charge >= 0.3 is 0 Å². The Bertz CT molecular complexity index is 513. The van der Waals surface area contributed by atoms with Gasteiger partial charge in [-0.3, -0.25) is 0 Å². The van der Waals surface area contributed by atoms with E-state index in [0.717, 1.165) is 12.6 Å². The zero-order chi connectivity index (χ0) is 14.2. The second kappa shape index (κ2) is 8.06. The topological polar surface area (TPSA) is 16.6 Å². The first-order valence-corrected chi connectivity index (χ1v) is 8.11. The third kappa shape index (κ3) is 4.35. The van der Waals surface area contributed by atoms with E-state index >= 15 is 0 Å². The van der Waals surface area contributed by atoms with Crippen molar-refractivity contribution < 1.29 is 5.32 Å². The zero-order valence-corrected chi connectivity index (χ0v) is 12.9. The van der Waals surface area contributed by atoms with Crippen LogP contribution >= 0.6 is 0 Å². The number of quaternary nitrogens is 1. The molecular weight excluding hydrogens is 242 g/mol. The maximum absolute atomic E-state index is 2.49. The summed E-state index contributed by atoms with van der Waals surface area (Å²) in [6, 6.07) is 16.1. The lowest BCUT2D eigenvalue weighted by Gasteiger charge is -2.12. The minimum absolute atomic E-state index is 0.728. The highest BCUT2D eigenvalue weighted by Gasteiger charge is 2.07. The molecule has 0 aliphatic carbocycles. The van der Waals surface area contributed by atoms with Crippen LogP contribution < -0.4 is 5.32 Å². The normalized spacial score (nSPS) is 12.7. The van der Waals surface area contributed by atoms with Gasteiger partial charge < -0.3 is 5.32 Å². The summed E-state index contributed by atoms with van der Waals surface area (Å²) in [5.41, 5.74) is 1.46. The summed E-state index contributed by atoms with van der Waals surface area (Å²) in [5, 5.41) is 5.26. The van der Waals surface area contributed by atoms with Crippen LogP contribution in [0.1, 0.15) is 51.5 Å². The van der Waals surface area contributed by atoms with Crippen LogP contribution in [0.2, 0.25) is 0 Å². The van der Waals surface area contributed by atoms with E-state index in [-0.39, 0.29) is 0 Å². The molecule has 2 N–H and O–H groups in total. The highest BCUT2D eigenvalue weighted by Crippen LogP contribution is 2.17. The number of benzene rings is 2. The molecule has 2 rings (SSSR count). The van der Waals surface area contributed by atoms with Crippen LogP contribution in [0.3, 0.4) is 0 Å². The Morgan fingerprint density at radius 3 is 2.60 bits per heavy atom. The number of hydrogen-bond acceptors (Lipinski definition) is 0. The summed E-state index contributed by atoms with van der Waals surface area (Å²) in [6.07, 6.45) is 6.82. The average Bonchev–Trinajstić information content (AvgIpc) is 2.49. The van der Waals surface area contributed by atoms with Crippen molar-refractivity contribution in [1.82, 2.24) is 0 Å². The second-order valence-electron chi connectivity index (χ2n) is 5.90. The highest BCUT2D eigenvalue weighted by atomic mass is 14.9. The predicted octanol–water partition coefficient (Wildman–Crippen LogP) is 4.26. The molecule has 0 aliphatic rings. The van der Waals surface area contributed by atoms with Crippen molar-refractivity contribution in [2.45, 2.75) is 58.5 Å². The van der Waals surface area contributed by atoms with Crippen molar-refractivity contribution in [2.24, 2.45) is 0 Å². The van der Waals surface area contributed by atoms with Gasteiger partial charge in [0.1, 0.15) is 6.54 Å². The van der Waals surface area contributed by atoms with Crippen LogP contribution in [-0.4, -0.2) is 6.04 Å². The number of hydrogen-bond donors (Lipinski definition) is 1. The van der Waals surface area contributed by atoms with E-state index in [2.05, 4.69) is 61.6 Å². The maximum Gasteiger partial charge on any atom is 0.102 e. The molecular formula is C19H28N+. The smallest absolute Gasteiger partial charge is 0.102 e. The first-order chi connectivity index (χ1) is 9.81. The molecule has 108 valence electrons. The molecule has 0 aromatic heterocycles. The largest absolute Gasteiger partial charge is 0.340 e. The molecule has 0 unspecified atom stereocenters. The molecule has 0 bridgehead atoms. The van der Waals surface area contributed by atoms with Gasteiger partial charge in [0, 0.05) is 5.56 Å². The Morgan fingerprint density at radius 1 is 0.950 bits per heavy atom. The number of nitrogens with two attached hydrogens (primary N) is 1. The number of unbranched alkanes of at least 4 members (excludes halogenated alkanes) is 3. The van der Waals surface area contributed by atoms with Gasteiger partial charge in [0.25, 0.3) is 0 Å². The molecule has 2 aromatic carbocycles. The Labute approximate surface area is 123 Å². The summed E-state index contributed by atoms with van der Waals surface area (Å²) in [6.45, 7) is 5.73.